The second-order valence-electron chi connectivity index (χ2n) is 9.51. The number of nitrogens with zero attached hydrogens (tertiary/aromatic N) is 2. The maximum Gasteiger partial charge on any atom is 0.405 e. The molecule has 0 saturated carbocycles. The van der Waals surface area contributed by atoms with E-state index >= 15 is 0 Å². The van der Waals surface area contributed by atoms with Gasteiger partial charge in [-0.25, -0.2) is 4.39 Å². The molecule has 3 rings (SSSR count). The van der Waals surface area contributed by atoms with Crippen LogP contribution >= 0.6 is 43.5 Å². The summed E-state index contributed by atoms with van der Waals surface area (Å²) in [6.45, 7) is 4.78. The fourth-order valence-electron chi connectivity index (χ4n) is 3.60. The van der Waals surface area contributed by atoms with Crippen molar-refractivity contribution in [3.05, 3.63) is 55.2 Å². The third-order valence-corrected chi connectivity index (χ3v) is 8.83. The van der Waals surface area contributed by atoms with Crippen LogP contribution in [0.5, 0.6) is 0 Å². The van der Waals surface area contributed by atoms with Crippen LogP contribution in [0.2, 0.25) is 30.7 Å². The fraction of sp³-hybridized carbons (Fsp3) is 0.391. The van der Waals surface area contributed by atoms with Crippen LogP contribution in [0.3, 0.4) is 0 Å². The van der Waals surface area contributed by atoms with E-state index in [0.29, 0.717) is 6.61 Å². The van der Waals surface area contributed by atoms with E-state index in [1.807, 2.05) is 0 Å². The summed E-state index contributed by atoms with van der Waals surface area (Å²) >= 11 is 12.7. The zero-order valence-electron chi connectivity index (χ0n) is 19.6. The van der Waals surface area contributed by atoms with E-state index in [0.717, 1.165) is 23.1 Å². The lowest BCUT2D eigenvalue weighted by molar-refractivity contribution is -0.124. The van der Waals surface area contributed by atoms with Gasteiger partial charge in [0.2, 0.25) is 5.91 Å². The quantitative estimate of drug-likeness (QED) is 0.128. The second kappa shape index (κ2) is 11.1. The number of hydrogen-bond donors (Lipinski definition) is 0. The minimum atomic E-state index is -4.57. The molecule has 5 nitrogen and oxygen atoms in total. The first-order valence-electron chi connectivity index (χ1n) is 10.8. The van der Waals surface area contributed by atoms with Crippen molar-refractivity contribution >= 4 is 74.6 Å². The van der Waals surface area contributed by atoms with Gasteiger partial charge in [-0.05, 0) is 62.2 Å². The van der Waals surface area contributed by atoms with Crippen molar-refractivity contribution in [1.82, 2.24) is 0 Å². The van der Waals surface area contributed by atoms with Crippen LogP contribution in [0.25, 0.3) is 0 Å². The van der Waals surface area contributed by atoms with Crippen molar-refractivity contribution in [2.45, 2.75) is 31.9 Å². The number of amides is 1. The van der Waals surface area contributed by atoms with Gasteiger partial charge in [0.25, 0.3) is 0 Å². The van der Waals surface area contributed by atoms with Crippen molar-refractivity contribution in [2.75, 3.05) is 36.2 Å². The van der Waals surface area contributed by atoms with E-state index in [4.69, 9.17) is 16.3 Å². The molecule has 0 fully saturated rings. The highest BCUT2D eigenvalue weighted by Gasteiger charge is 2.39. The average molecular weight is 675 g/mol. The molecule has 1 amide bonds. The zero-order valence-corrected chi connectivity index (χ0v) is 24.5. The smallest absolute Gasteiger partial charge is 0.361 e. The van der Waals surface area contributed by atoms with Crippen LogP contribution in [0.1, 0.15) is 15.9 Å². The number of ether oxygens (including phenoxy) is 1. The topological polar surface area (TPSA) is 49.9 Å². The van der Waals surface area contributed by atoms with E-state index < -0.39 is 44.8 Å². The Balaban J connectivity index is 2.10. The van der Waals surface area contributed by atoms with Crippen molar-refractivity contribution in [3.8, 4) is 0 Å². The standard InChI is InChI=1S/C23H23Br2ClF4N2O3Si/c1-36(2,3)7-6-35-12-32-18(33)10-31(11-23(28,29)30)17-9-15(24)19(20(25)21(17)32)22(34)14-8-13(27)4-5-16(14)26/h4-5,8-9H,6-7,10-12H2,1-3H3. The molecule has 1 aliphatic rings. The fourth-order valence-corrected chi connectivity index (χ4v) is 6.23. The van der Waals surface area contributed by atoms with Gasteiger partial charge in [-0.1, -0.05) is 31.2 Å². The zero-order chi connectivity index (χ0) is 27.0. The summed E-state index contributed by atoms with van der Waals surface area (Å²) < 4.78 is 59.8. The molecular weight excluding hydrogens is 652 g/mol. The van der Waals surface area contributed by atoms with Gasteiger partial charge in [0, 0.05) is 24.7 Å². The highest BCUT2D eigenvalue weighted by molar-refractivity contribution is 9.11. The van der Waals surface area contributed by atoms with Crippen molar-refractivity contribution < 1.29 is 31.9 Å². The first-order valence-corrected chi connectivity index (χ1v) is 16.5. The molecule has 0 atom stereocenters. The Morgan fingerprint density at radius 2 is 1.86 bits per heavy atom. The highest BCUT2D eigenvalue weighted by atomic mass is 79.9. The van der Waals surface area contributed by atoms with Crippen molar-refractivity contribution in [3.63, 3.8) is 0 Å². The molecule has 196 valence electrons. The predicted octanol–water partition coefficient (Wildman–Crippen LogP) is 7.26. The Morgan fingerprint density at radius 1 is 1.19 bits per heavy atom. The van der Waals surface area contributed by atoms with Gasteiger partial charge in [0.15, 0.2) is 5.78 Å². The number of fused-ring (bicyclic) bond motifs is 1. The lowest BCUT2D eigenvalue weighted by Gasteiger charge is -2.38. The number of carbonyl (C=O) groups is 2. The van der Waals surface area contributed by atoms with Crippen molar-refractivity contribution in [1.29, 1.82) is 0 Å². The minimum absolute atomic E-state index is 0.000712. The number of hydrogen-bond acceptors (Lipinski definition) is 4. The lowest BCUT2D eigenvalue weighted by atomic mass is 10.00. The molecule has 0 unspecified atom stereocenters. The van der Waals surface area contributed by atoms with E-state index in [1.165, 1.54) is 17.0 Å². The summed E-state index contributed by atoms with van der Waals surface area (Å²) in [7, 11) is -1.43. The summed E-state index contributed by atoms with van der Waals surface area (Å²) in [5.74, 6) is -1.98. The first-order chi connectivity index (χ1) is 16.6. The Kier molecular flexibility index (Phi) is 8.97. The number of ketones is 1. The van der Waals surface area contributed by atoms with Crippen LogP contribution in [0.15, 0.2) is 33.2 Å². The molecule has 0 radical (unpaired) electrons. The third kappa shape index (κ3) is 6.88. The summed E-state index contributed by atoms with van der Waals surface area (Å²) in [6.07, 6.45) is -4.57. The first kappa shape index (κ1) is 29.1. The Morgan fingerprint density at radius 3 is 2.47 bits per heavy atom. The monoisotopic (exact) mass is 672 g/mol. The van der Waals surface area contributed by atoms with Gasteiger partial charge in [0.1, 0.15) is 19.1 Å². The molecule has 0 aliphatic carbocycles. The minimum Gasteiger partial charge on any atom is -0.361 e. The average Bonchev–Trinajstić information content (AvgIpc) is 2.73. The number of carbonyl (C=O) groups excluding carboxylic acids is 2. The summed E-state index contributed by atoms with van der Waals surface area (Å²) in [4.78, 5) is 28.5. The number of halogens is 7. The second-order valence-corrected chi connectivity index (χ2v) is 17.2. The van der Waals surface area contributed by atoms with Gasteiger partial charge >= 0.3 is 6.18 Å². The molecule has 1 aliphatic heterocycles. The molecule has 2 aromatic rings. The van der Waals surface area contributed by atoms with Gasteiger partial charge in [0.05, 0.1) is 33.0 Å². The Bertz CT molecular complexity index is 1190. The number of anilines is 2. The molecule has 13 heteroatoms. The van der Waals surface area contributed by atoms with E-state index in [9.17, 15) is 27.2 Å². The van der Waals surface area contributed by atoms with Gasteiger partial charge < -0.3 is 9.64 Å². The van der Waals surface area contributed by atoms with Crippen LogP contribution in [-0.2, 0) is 9.53 Å². The largest absolute Gasteiger partial charge is 0.405 e. The summed E-state index contributed by atoms with van der Waals surface area (Å²) in [5.41, 5.74) is -0.0100. The van der Waals surface area contributed by atoms with Crippen molar-refractivity contribution in [2.24, 2.45) is 0 Å². The van der Waals surface area contributed by atoms with E-state index in [-0.39, 0.29) is 43.2 Å². The van der Waals surface area contributed by atoms with Gasteiger partial charge in [-0.15, -0.1) is 0 Å². The number of rotatable bonds is 8. The molecule has 1 heterocycles. The lowest BCUT2D eigenvalue weighted by Crippen LogP contribution is -2.49. The maximum absolute atomic E-state index is 13.9. The predicted molar refractivity (Wildman–Crippen MR) is 141 cm³/mol. The molecule has 36 heavy (non-hydrogen) atoms. The van der Waals surface area contributed by atoms with Gasteiger partial charge in [-0.3, -0.25) is 14.5 Å². The molecule has 0 bridgehead atoms. The molecular formula is C23H23Br2ClF4N2O3Si. The Labute approximate surface area is 229 Å². The highest BCUT2D eigenvalue weighted by Crippen LogP contribution is 2.46. The molecule has 0 N–H and O–H groups in total. The number of benzene rings is 2. The Hall–Kier alpha value is -1.47. The van der Waals surface area contributed by atoms with Gasteiger partial charge in [-0.2, -0.15) is 13.2 Å². The number of alkyl halides is 3. The van der Waals surface area contributed by atoms with Crippen LogP contribution < -0.4 is 9.80 Å². The molecule has 0 spiro atoms. The van der Waals surface area contributed by atoms with Crippen LogP contribution in [-0.4, -0.2) is 52.4 Å². The van der Waals surface area contributed by atoms with E-state index in [2.05, 4.69) is 51.5 Å². The molecule has 2 aromatic carbocycles. The normalized spacial score (nSPS) is 14.3. The van der Waals surface area contributed by atoms with Crippen LogP contribution in [0, 0.1) is 5.82 Å². The SMILES string of the molecule is C[Si](C)(C)CCOCN1C(=O)CN(CC(F)(F)F)c2cc(Br)c(C(=O)c3cc(F)ccc3Cl)c(Br)c21. The maximum atomic E-state index is 13.9. The van der Waals surface area contributed by atoms with E-state index in [1.54, 1.807) is 0 Å². The summed E-state index contributed by atoms with van der Waals surface area (Å²) in [6, 6.07) is 5.47. The summed E-state index contributed by atoms with van der Waals surface area (Å²) in [5, 5.41) is -0.000712. The third-order valence-electron chi connectivity index (χ3n) is 5.40. The molecule has 0 aromatic heterocycles. The van der Waals surface area contributed by atoms with Crippen LogP contribution in [0.4, 0.5) is 28.9 Å². The molecule has 0 saturated heterocycles.